The number of anilines is 1. The standard InChI is InChI=1S/C23H22F3N6OP/c1-13-3-5-15(19-27-8-2-9-28-19)16(11-13)20(33)32-14(4-6-17-21(32)34-17)12-30-22-29-10-7-18(31-22)23(24,25)26/h2-3,5,7-11,14,17,21,34H,4,6,12H2,1H3,(H,29,30,31)/t14-,17+,21+/m0/s1. The lowest BCUT2D eigenvalue weighted by Crippen LogP contribution is -2.49. The zero-order valence-electron chi connectivity index (χ0n) is 18.3. The molecule has 0 spiro atoms. The van der Waals surface area contributed by atoms with Gasteiger partial charge in [-0.2, -0.15) is 13.2 Å². The van der Waals surface area contributed by atoms with Crippen molar-refractivity contribution < 1.29 is 18.0 Å². The van der Waals surface area contributed by atoms with Crippen molar-refractivity contribution in [2.45, 2.75) is 43.4 Å². The van der Waals surface area contributed by atoms with E-state index in [9.17, 15) is 18.0 Å². The summed E-state index contributed by atoms with van der Waals surface area (Å²) in [4.78, 5) is 31.9. The number of amides is 1. The summed E-state index contributed by atoms with van der Waals surface area (Å²) in [7, 11) is 0.670. The molecule has 2 aromatic heterocycles. The third kappa shape index (κ3) is 4.59. The second kappa shape index (κ2) is 8.91. The van der Waals surface area contributed by atoms with E-state index in [0.29, 0.717) is 31.2 Å². The smallest absolute Gasteiger partial charge is 0.352 e. The fourth-order valence-electron chi connectivity index (χ4n) is 4.33. The number of hydrogen-bond donors (Lipinski definition) is 1. The number of aromatic nitrogens is 4. The Morgan fingerprint density at radius 2 is 1.94 bits per heavy atom. The molecule has 34 heavy (non-hydrogen) atoms. The molecule has 2 aliphatic heterocycles. The van der Waals surface area contributed by atoms with Crippen molar-refractivity contribution in [3.05, 3.63) is 65.7 Å². The predicted molar refractivity (Wildman–Crippen MR) is 123 cm³/mol. The van der Waals surface area contributed by atoms with Gasteiger partial charge in [0, 0.05) is 36.4 Å². The van der Waals surface area contributed by atoms with E-state index in [1.807, 2.05) is 30.0 Å². The van der Waals surface area contributed by atoms with Gasteiger partial charge in [-0.25, -0.2) is 19.9 Å². The number of nitrogens with one attached hydrogen (secondary N) is 1. The van der Waals surface area contributed by atoms with E-state index in [1.54, 1.807) is 18.5 Å². The SMILES string of the molecule is Cc1ccc(-c2ncccn2)c(C(=O)N2[C@H](CNc3nccc(C(F)(F)F)n3)CC[C@H]3P[C@H]32)c1. The highest BCUT2D eigenvalue weighted by Gasteiger charge is 2.50. The second-order valence-electron chi connectivity index (χ2n) is 8.43. The molecule has 0 bridgehead atoms. The van der Waals surface area contributed by atoms with Gasteiger partial charge in [0.25, 0.3) is 5.91 Å². The van der Waals surface area contributed by atoms with Gasteiger partial charge in [-0.1, -0.05) is 26.3 Å². The molecular formula is C23H22F3N6OP. The highest BCUT2D eigenvalue weighted by atomic mass is 31.1. The molecule has 5 rings (SSSR count). The molecule has 0 radical (unpaired) electrons. The van der Waals surface area contributed by atoms with Crippen molar-refractivity contribution in [3.8, 4) is 11.4 Å². The normalized spacial score (nSPS) is 22.4. The first kappa shape index (κ1) is 22.7. The zero-order valence-corrected chi connectivity index (χ0v) is 19.3. The Labute approximate surface area is 196 Å². The van der Waals surface area contributed by atoms with Crippen LogP contribution < -0.4 is 5.32 Å². The van der Waals surface area contributed by atoms with E-state index < -0.39 is 11.9 Å². The van der Waals surface area contributed by atoms with Crippen LogP contribution in [-0.4, -0.2) is 54.8 Å². The van der Waals surface area contributed by atoms with Crippen LogP contribution in [-0.2, 0) is 6.18 Å². The topological polar surface area (TPSA) is 83.9 Å². The first-order chi connectivity index (χ1) is 16.3. The number of alkyl halides is 3. The van der Waals surface area contributed by atoms with E-state index >= 15 is 0 Å². The van der Waals surface area contributed by atoms with Crippen molar-refractivity contribution in [1.82, 2.24) is 24.8 Å². The van der Waals surface area contributed by atoms with E-state index in [0.717, 1.165) is 30.7 Å². The van der Waals surface area contributed by atoms with E-state index in [1.165, 1.54) is 0 Å². The number of piperidine rings is 1. The molecule has 1 aromatic carbocycles. The van der Waals surface area contributed by atoms with Crippen LogP contribution in [0.15, 0.2) is 48.9 Å². The predicted octanol–water partition coefficient (Wildman–Crippen LogP) is 4.36. The summed E-state index contributed by atoms with van der Waals surface area (Å²) in [5, 5.41) is 2.92. The third-order valence-corrected chi connectivity index (χ3v) is 7.72. The summed E-state index contributed by atoms with van der Waals surface area (Å²) in [5.74, 6) is 0.421. The molecule has 0 saturated carbocycles. The number of hydrogen-bond acceptors (Lipinski definition) is 6. The second-order valence-corrected chi connectivity index (χ2v) is 10.1. The lowest BCUT2D eigenvalue weighted by atomic mass is 9.97. The maximum absolute atomic E-state index is 13.9. The zero-order chi connectivity index (χ0) is 23.9. The number of carbonyl (C=O) groups is 1. The summed E-state index contributed by atoms with van der Waals surface area (Å²) in [6, 6.07) is 8.00. The van der Waals surface area contributed by atoms with Gasteiger partial charge in [0.2, 0.25) is 5.95 Å². The first-order valence-electron chi connectivity index (χ1n) is 10.9. The van der Waals surface area contributed by atoms with Crippen LogP contribution in [0, 0.1) is 6.92 Å². The first-order valence-corrected chi connectivity index (χ1v) is 12.1. The molecule has 2 aliphatic rings. The number of fused-ring (bicyclic) bond motifs is 1. The summed E-state index contributed by atoms with van der Waals surface area (Å²) in [5.41, 5.74) is 1.63. The monoisotopic (exact) mass is 486 g/mol. The van der Waals surface area contributed by atoms with Crippen molar-refractivity contribution in [3.63, 3.8) is 0 Å². The highest BCUT2D eigenvalue weighted by Crippen LogP contribution is 2.57. The van der Waals surface area contributed by atoms with Crippen molar-refractivity contribution in [2.24, 2.45) is 0 Å². The van der Waals surface area contributed by atoms with Crippen LogP contribution in [0.3, 0.4) is 0 Å². The Kier molecular flexibility index (Phi) is 5.93. The molecule has 2 saturated heterocycles. The van der Waals surface area contributed by atoms with Crippen molar-refractivity contribution in [2.75, 3.05) is 11.9 Å². The summed E-state index contributed by atoms with van der Waals surface area (Å²) in [6.07, 6.45) is 1.56. The van der Waals surface area contributed by atoms with Gasteiger partial charge in [0.1, 0.15) is 5.69 Å². The van der Waals surface area contributed by atoms with Crippen LogP contribution in [0.1, 0.15) is 34.5 Å². The van der Waals surface area contributed by atoms with Crippen molar-refractivity contribution in [1.29, 1.82) is 0 Å². The average molecular weight is 486 g/mol. The average Bonchev–Trinajstić information content (AvgIpc) is 3.62. The van der Waals surface area contributed by atoms with E-state index in [-0.39, 0.29) is 30.2 Å². The molecule has 0 aliphatic carbocycles. The number of rotatable bonds is 5. The van der Waals surface area contributed by atoms with Gasteiger partial charge in [-0.15, -0.1) is 0 Å². The summed E-state index contributed by atoms with van der Waals surface area (Å²) in [6.45, 7) is 2.19. The lowest BCUT2D eigenvalue weighted by molar-refractivity contribution is -0.141. The van der Waals surface area contributed by atoms with Gasteiger partial charge < -0.3 is 10.2 Å². The van der Waals surface area contributed by atoms with Crippen LogP contribution in [0.4, 0.5) is 19.1 Å². The molecule has 11 heteroatoms. The number of nitrogens with zero attached hydrogens (tertiary/aromatic N) is 5. The third-order valence-electron chi connectivity index (χ3n) is 6.05. The molecule has 1 unspecified atom stereocenters. The van der Waals surface area contributed by atoms with Gasteiger partial charge in [0.05, 0.1) is 17.4 Å². The minimum absolute atomic E-state index is 0.100. The largest absolute Gasteiger partial charge is 0.433 e. The fourth-order valence-corrected chi connectivity index (χ4v) is 5.80. The maximum atomic E-state index is 13.9. The Balaban J connectivity index is 1.41. The van der Waals surface area contributed by atoms with Crippen LogP contribution >= 0.6 is 8.58 Å². The molecule has 2 fully saturated rings. The highest BCUT2D eigenvalue weighted by molar-refractivity contribution is 7.48. The molecule has 176 valence electrons. The van der Waals surface area contributed by atoms with Gasteiger partial charge in [-0.05, 0) is 38.0 Å². The molecule has 4 heterocycles. The fraction of sp³-hybridized carbons (Fsp3) is 0.348. The lowest BCUT2D eigenvalue weighted by Gasteiger charge is -2.36. The Morgan fingerprint density at radius 3 is 2.71 bits per heavy atom. The quantitative estimate of drug-likeness (QED) is 0.540. The number of likely N-dealkylation sites (tertiary alicyclic amines) is 1. The molecule has 7 nitrogen and oxygen atoms in total. The molecule has 3 aromatic rings. The minimum Gasteiger partial charge on any atom is -0.352 e. The van der Waals surface area contributed by atoms with Gasteiger partial charge in [-0.3, -0.25) is 4.79 Å². The van der Waals surface area contributed by atoms with E-state index in [4.69, 9.17) is 0 Å². The van der Waals surface area contributed by atoms with Crippen LogP contribution in [0.2, 0.25) is 0 Å². The molecule has 1 amide bonds. The summed E-state index contributed by atoms with van der Waals surface area (Å²) < 4.78 is 39.0. The Hall–Kier alpha value is -3.13. The number of benzene rings is 1. The van der Waals surface area contributed by atoms with Gasteiger partial charge >= 0.3 is 6.18 Å². The number of carbonyl (C=O) groups excluding carboxylic acids is 1. The minimum atomic E-state index is -4.55. The van der Waals surface area contributed by atoms with E-state index in [2.05, 4.69) is 25.3 Å². The number of aryl methyl sites for hydroxylation is 1. The number of halogens is 3. The Morgan fingerprint density at radius 1 is 1.15 bits per heavy atom. The Bertz CT molecular complexity index is 1210. The molecule has 1 N–H and O–H groups in total. The maximum Gasteiger partial charge on any atom is 0.433 e. The summed E-state index contributed by atoms with van der Waals surface area (Å²) >= 11 is 0. The molecular weight excluding hydrogens is 464 g/mol. The van der Waals surface area contributed by atoms with Crippen molar-refractivity contribution >= 4 is 20.4 Å². The molecule has 4 atom stereocenters. The van der Waals surface area contributed by atoms with Gasteiger partial charge in [0.15, 0.2) is 5.82 Å². The van der Waals surface area contributed by atoms with Crippen LogP contribution in [0.5, 0.6) is 0 Å². The van der Waals surface area contributed by atoms with Crippen LogP contribution in [0.25, 0.3) is 11.4 Å².